The highest BCUT2D eigenvalue weighted by atomic mass is 19.2. The van der Waals surface area contributed by atoms with Gasteiger partial charge in [0.05, 0.1) is 0 Å². The Balaban J connectivity index is 1.83. The highest BCUT2D eigenvalue weighted by Crippen LogP contribution is 2.34. The van der Waals surface area contributed by atoms with E-state index in [0.29, 0.717) is 17.9 Å². The Morgan fingerprint density at radius 3 is 2.20 bits per heavy atom. The number of halogens is 2. The minimum atomic E-state index is -1.12. The molecule has 1 N–H and O–H groups in total. The van der Waals surface area contributed by atoms with Crippen LogP contribution in [0.1, 0.15) is 57.4 Å². The Morgan fingerprint density at radius 1 is 1.00 bits per heavy atom. The lowest BCUT2D eigenvalue weighted by Crippen LogP contribution is -2.15. The maximum absolute atomic E-state index is 13.6. The Morgan fingerprint density at radius 2 is 1.60 bits per heavy atom. The van der Waals surface area contributed by atoms with E-state index < -0.39 is 17.4 Å². The molecule has 0 radical (unpaired) electrons. The first kappa shape index (κ1) is 15.3. The maximum Gasteiger partial charge on any atom is 0.200 e. The molecule has 0 heterocycles. The predicted octanol–water partition coefficient (Wildman–Crippen LogP) is 5.21. The monoisotopic (exact) mass is 282 g/mol. The number of benzene rings is 1. The van der Waals surface area contributed by atoms with Gasteiger partial charge in [-0.1, -0.05) is 51.5 Å². The summed E-state index contributed by atoms with van der Waals surface area (Å²) in [7, 11) is 0. The molecule has 1 nitrogen and oxygen atoms in total. The molecule has 0 aromatic heterocycles. The van der Waals surface area contributed by atoms with E-state index in [2.05, 4.69) is 6.92 Å². The summed E-state index contributed by atoms with van der Waals surface area (Å²) in [6.45, 7) is 2.23. The average molecular weight is 282 g/mol. The van der Waals surface area contributed by atoms with Crippen LogP contribution < -0.4 is 0 Å². The van der Waals surface area contributed by atoms with Crippen molar-refractivity contribution in [3.05, 3.63) is 29.3 Å². The summed E-state index contributed by atoms with van der Waals surface area (Å²) in [6.07, 6.45) is 9.06. The lowest BCUT2D eigenvalue weighted by molar-refractivity contribution is 0.251. The fourth-order valence-corrected chi connectivity index (χ4v) is 3.35. The number of phenolic OH excluding ortho intramolecular Hbond substituents is 1. The second-order valence-electron chi connectivity index (χ2n) is 6.09. The van der Waals surface area contributed by atoms with Gasteiger partial charge in [-0.25, -0.2) is 4.39 Å². The molecule has 112 valence electrons. The SMILES string of the molecule is CCCC1CCC(CCc2ccc(O)c(F)c2F)CC1. The number of phenols is 1. The van der Waals surface area contributed by atoms with Crippen molar-refractivity contribution in [3.8, 4) is 5.75 Å². The van der Waals surface area contributed by atoms with Crippen LogP contribution in [0.2, 0.25) is 0 Å². The average Bonchev–Trinajstić information content (AvgIpc) is 2.46. The van der Waals surface area contributed by atoms with Crippen LogP contribution in [0.4, 0.5) is 8.78 Å². The van der Waals surface area contributed by atoms with Crippen molar-refractivity contribution >= 4 is 0 Å². The molecule has 3 heteroatoms. The highest BCUT2D eigenvalue weighted by Gasteiger charge is 2.21. The number of rotatable bonds is 5. The molecule has 0 unspecified atom stereocenters. The van der Waals surface area contributed by atoms with Gasteiger partial charge in [-0.15, -0.1) is 0 Å². The van der Waals surface area contributed by atoms with Crippen molar-refractivity contribution in [1.29, 1.82) is 0 Å². The maximum atomic E-state index is 13.6. The van der Waals surface area contributed by atoms with Crippen LogP contribution >= 0.6 is 0 Å². The van der Waals surface area contributed by atoms with Crippen LogP contribution in [0.25, 0.3) is 0 Å². The molecule has 0 aliphatic heterocycles. The number of hydrogen-bond donors (Lipinski definition) is 1. The molecule has 0 atom stereocenters. The van der Waals surface area contributed by atoms with Crippen molar-refractivity contribution in [2.75, 3.05) is 0 Å². The fourth-order valence-electron chi connectivity index (χ4n) is 3.35. The van der Waals surface area contributed by atoms with E-state index in [1.807, 2.05) is 0 Å². The van der Waals surface area contributed by atoms with Gasteiger partial charge in [0, 0.05) is 0 Å². The Hall–Kier alpha value is -1.12. The third kappa shape index (κ3) is 3.71. The molecule has 1 aliphatic carbocycles. The Bertz CT molecular complexity index is 437. The van der Waals surface area contributed by atoms with Crippen molar-refractivity contribution in [3.63, 3.8) is 0 Å². The fraction of sp³-hybridized carbons (Fsp3) is 0.647. The molecule has 1 aromatic carbocycles. The first-order valence-corrected chi connectivity index (χ1v) is 7.77. The topological polar surface area (TPSA) is 20.2 Å². The van der Waals surface area contributed by atoms with Gasteiger partial charge >= 0.3 is 0 Å². The largest absolute Gasteiger partial charge is 0.505 e. The highest BCUT2D eigenvalue weighted by molar-refractivity contribution is 5.29. The number of aryl methyl sites for hydroxylation is 1. The van der Waals surface area contributed by atoms with Crippen LogP contribution in [0.5, 0.6) is 5.75 Å². The number of aromatic hydroxyl groups is 1. The van der Waals surface area contributed by atoms with E-state index in [9.17, 15) is 8.78 Å². The summed E-state index contributed by atoms with van der Waals surface area (Å²) < 4.78 is 26.9. The van der Waals surface area contributed by atoms with E-state index in [4.69, 9.17) is 5.11 Å². The van der Waals surface area contributed by atoms with Gasteiger partial charge in [-0.2, -0.15) is 4.39 Å². The molecule has 1 saturated carbocycles. The molecule has 1 aliphatic rings. The van der Waals surface area contributed by atoms with E-state index in [-0.39, 0.29) is 0 Å². The third-order valence-electron chi connectivity index (χ3n) is 4.63. The summed E-state index contributed by atoms with van der Waals surface area (Å²) >= 11 is 0. The quantitative estimate of drug-likeness (QED) is 0.786. The van der Waals surface area contributed by atoms with E-state index in [1.54, 1.807) is 0 Å². The molecule has 0 bridgehead atoms. The molecule has 0 spiro atoms. The standard InChI is InChI=1S/C17H24F2O/c1-2-3-12-4-6-13(7-5-12)8-9-14-10-11-15(20)17(19)16(14)18/h10-13,20H,2-9H2,1H3. The molecule has 1 aromatic rings. The van der Waals surface area contributed by atoms with Gasteiger partial charge in [0.2, 0.25) is 5.82 Å². The molecular formula is C17H24F2O. The molecule has 0 saturated heterocycles. The van der Waals surface area contributed by atoms with Crippen molar-refractivity contribution in [1.82, 2.24) is 0 Å². The second kappa shape index (κ2) is 7.05. The van der Waals surface area contributed by atoms with E-state index >= 15 is 0 Å². The van der Waals surface area contributed by atoms with E-state index in [1.165, 1.54) is 50.7 Å². The Labute approximate surface area is 120 Å². The van der Waals surface area contributed by atoms with Crippen LogP contribution in [-0.2, 0) is 6.42 Å². The minimum Gasteiger partial charge on any atom is -0.505 e. The van der Waals surface area contributed by atoms with Gasteiger partial charge in [0.25, 0.3) is 0 Å². The zero-order chi connectivity index (χ0) is 14.5. The summed E-state index contributed by atoms with van der Waals surface area (Å²) in [6, 6.07) is 2.74. The van der Waals surface area contributed by atoms with E-state index in [0.717, 1.165) is 12.3 Å². The van der Waals surface area contributed by atoms with Crippen LogP contribution in [0, 0.1) is 23.5 Å². The van der Waals surface area contributed by atoms with Crippen LogP contribution in [-0.4, -0.2) is 5.11 Å². The van der Waals surface area contributed by atoms with Crippen LogP contribution in [0.3, 0.4) is 0 Å². The molecule has 2 rings (SSSR count). The van der Waals surface area contributed by atoms with Gasteiger partial charge in [0.15, 0.2) is 11.6 Å². The minimum absolute atomic E-state index is 0.385. The van der Waals surface area contributed by atoms with Crippen molar-refractivity contribution < 1.29 is 13.9 Å². The third-order valence-corrected chi connectivity index (χ3v) is 4.63. The smallest absolute Gasteiger partial charge is 0.200 e. The van der Waals surface area contributed by atoms with Gasteiger partial charge in [0.1, 0.15) is 0 Å². The second-order valence-corrected chi connectivity index (χ2v) is 6.09. The summed E-state index contributed by atoms with van der Waals surface area (Å²) in [5, 5.41) is 9.11. The first-order valence-electron chi connectivity index (χ1n) is 7.77. The zero-order valence-electron chi connectivity index (χ0n) is 12.2. The number of hydrogen-bond acceptors (Lipinski definition) is 1. The predicted molar refractivity (Wildman–Crippen MR) is 76.7 cm³/mol. The molecular weight excluding hydrogens is 258 g/mol. The van der Waals surface area contributed by atoms with Crippen molar-refractivity contribution in [2.45, 2.75) is 58.3 Å². The normalized spacial score (nSPS) is 22.9. The van der Waals surface area contributed by atoms with Crippen molar-refractivity contribution in [2.24, 2.45) is 11.8 Å². The molecule has 20 heavy (non-hydrogen) atoms. The van der Waals surface area contributed by atoms with Crippen LogP contribution in [0.15, 0.2) is 12.1 Å². The summed E-state index contributed by atoms with van der Waals surface area (Å²) in [4.78, 5) is 0. The van der Waals surface area contributed by atoms with Gasteiger partial charge in [-0.05, 0) is 36.3 Å². The lowest BCUT2D eigenvalue weighted by atomic mass is 9.78. The first-order chi connectivity index (χ1) is 9.61. The lowest BCUT2D eigenvalue weighted by Gasteiger charge is -2.28. The molecule has 1 fully saturated rings. The van der Waals surface area contributed by atoms with Gasteiger partial charge in [-0.3, -0.25) is 0 Å². The summed E-state index contributed by atoms with van der Waals surface area (Å²) in [5.74, 6) is -1.09. The summed E-state index contributed by atoms with van der Waals surface area (Å²) in [5.41, 5.74) is 0.385. The zero-order valence-corrected chi connectivity index (χ0v) is 12.2. The van der Waals surface area contributed by atoms with Gasteiger partial charge < -0.3 is 5.11 Å². The Kier molecular flexibility index (Phi) is 5.38. The molecule has 0 amide bonds.